The number of anilines is 1. The summed E-state index contributed by atoms with van der Waals surface area (Å²) in [5.41, 5.74) is -0.192. The Kier molecular flexibility index (Phi) is 8.44. The number of aromatic nitrogens is 1. The fourth-order valence-electron chi connectivity index (χ4n) is 6.13. The topological polar surface area (TPSA) is 130 Å². The van der Waals surface area contributed by atoms with Crippen LogP contribution in [0.15, 0.2) is 54.6 Å². The van der Waals surface area contributed by atoms with Gasteiger partial charge in [0.25, 0.3) is 5.19 Å². The third kappa shape index (κ3) is 6.21. The van der Waals surface area contributed by atoms with E-state index in [0.29, 0.717) is 29.5 Å². The molecule has 12 heteroatoms. The van der Waals surface area contributed by atoms with Gasteiger partial charge < -0.3 is 30.1 Å². The molecule has 10 nitrogen and oxygen atoms in total. The molecule has 44 heavy (non-hydrogen) atoms. The predicted octanol–water partition coefficient (Wildman–Crippen LogP) is 4.75. The molecule has 0 spiro atoms. The number of ether oxygens (including phenoxy) is 2. The van der Waals surface area contributed by atoms with Gasteiger partial charge in [0, 0.05) is 18.0 Å². The van der Waals surface area contributed by atoms with E-state index in [9.17, 15) is 23.9 Å². The number of benzene rings is 2. The van der Waals surface area contributed by atoms with Crippen LogP contribution in [0.25, 0.3) is 10.2 Å². The van der Waals surface area contributed by atoms with Crippen LogP contribution in [0.4, 0.5) is 10.1 Å². The monoisotopic (exact) mass is 622 g/mol. The van der Waals surface area contributed by atoms with Crippen molar-refractivity contribution < 1.29 is 33.4 Å². The Bertz CT molecular complexity index is 1600. The first-order chi connectivity index (χ1) is 21.3. The predicted molar refractivity (Wildman–Crippen MR) is 163 cm³/mol. The van der Waals surface area contributed by atoms with E-state index < -0.39 is 41.4 Å². The molecule has 1 saturated carbocycles. The summed E-state index contributed by atoms with van der Waals surface area (Å²) in [6.45, 7) is 0.112. The zero-order valence-corrected chi connectivity index (χ0v) is 25.1. The Morgan fingerprint density at radius 2 is 2.07 bits per heavy atom. The highest BCUT2D eigenvalue weighted by Gasteiger charge is 2.61. The Hall–Kier alpha value is -4.19. The minimum atomic E-state index is -1.40. The van der Waals surface area contributed by atoms with Crippen molar-refractivity contribution >= 4 is 45.0 Å². The maximum atomic E-state index is 14.2. The third-order valence-electron chi connectivity index (χ3n) is 8.63. The maximum Gasteiger partial charge on any atom is 0.330 e. The van der Waals surface area contributed by atoms with Crippen molar-refractivity contribution in [3.8, 4) is 10.9 Å². The number of allylic oxidation sites excluding steroid dienone is 1. The summed E-state index contributed by atoms with van der Waals surface area (Å²) in [6.07, 6.45) is 7.52. The van der Waals surface area contributed by atoms with E-state index >= 15 is 0 Å². The highest BCUT2D eigenvalue weighted by Crippen LogP contribution is 2.45. The molecule has 3 N–H and O–H groups in total. The van der Waals surface area contributed by atoms with Crippen LogP contribution in [0.1, 0.15) is 44.9 Å². The molecular weight excluding hydrogens is 587 g/mol. The minimum absolute atomic E-state index is 0.112. The summed E-state index contributed by atoms with van der Waals surface area (Å²) in [5, 5.41) is 16.4. The molecule has 2 fully saturated rings. The van der Waals surface area contributed by atoms with E-state index in [1.165, 1.54) is 28.4 Å². The molecule has 2 aromatic carbocycles. The van der Waals surface area contributed by atoms with E-state index in [1.54, 1.807) is 19.2 Å². The van der Waals surface area contributed by atoms with Gasteiger partial charge in [-0.05, 0) is 62.1 Å². The van der Waals surface area contributed by atoms with E-state index in [2.05, 4.69) is 15.6 Å². The number of halogens is 1. The van der Waals surface area contributed by atoms with Crippen LogP contribution in [0.3, 0.4) is 0 Å². The number of methoxy groups -OCH3 is 1. The zero-order chi connectivity index (χ0) is 30.8. The fraction of sp³-hybridized carbons (Fsp3) is 0.438. The first-order valence-corrected chi connectivity index (χ1v) is 15.7. The standard InChI is InChI=1S/C32H35FN4O6S/c1-42-22-12-13-24-27(16-22)44-31(35-24)43-23-15-26-28(38)36-32(30(40)41)17-19(32)8-5-3-2-4-6-11-25(29(39)37(26)18-23)34-21-10-7-9-20(33)14-21/h5,7-10,12-14,16,19,23,25-26,34H,2-4,6,11,15,17-18H2,1H3,(H,36,38)(H,40,41)/b8-5-/t19-,23+,25-,26-,32+/m0/s1. The van der Waals surface area contributed by atoms with Crippen LogP contribution in [-0.4, -0.2) is 70.2 Å². The first-order valence-electron chi connectivity index (χ1n) is 14.9. The lowest BCUT2D eigenvalue weighted by molar-refractivity contribution is -0.145. The second kappa shape index (κ2) is 12.4. The van der Waals surface area contributed by atoms with Crippen LogP contribution >= 0.6 is 11.3 Å². The van der Waals surface area contributed by atoms with Crippen molar-refractivity contribution in [3.63, 3.8) is 0 Å². The normalized spacial score (nSPS) is 28.2. The Morgan fingerprint density at radius 3 is 2.86 bits per heavy atom. The molecule has 0 unspecified atom stereocenters. The number of hydrogen-bond acceptors (Lipinski definition) is 8. The first kappa shape index (κ1) is 29.9. The lowest BCUT2D eigenvalue weighted by atomic mass is 10.0. The molecular formula is C32H35FN4O6S. The molecule has 2 aliphatic heterocycles. The van der Waals surface area contributed by atoms with Gasteiger partial charge in [0.05, 0.1) is 23.9 Å². The molecule has 3 aliphatic rings. The zero-order valence-electron chi connectivity index (χ0n) is 24.3. The SMILES string of the molecule is COc1ccc2nc(O[C@@H]3C[C@H]4C(=O)N[C@]5(C(=O)O)C[C@@H]5/C=C\CCCCC[C@H](Nc5cccc(F)c5)C(=O)N4C3)sc2c1. The average molecular weight is 623 g/mol. The molecule has 0 radical (unpaired) electrons. The number of carbonyl (C=O) groups excluding carboxylic acids is 2. The number of carboxylic acid groups (broad SMARTS) is 1. The Balaban J connectivity index is 1.29. The van der Waals surface area contributed by atoms with Crippen LogP contribution in [0.5, 0.6) is 10.9 Å². The van der Waals surface area contributed by atoms with Gasteiger partial charge in [0.1, 0.15) is 35.3 Å². The second-order valence-corrected chi connectivity index (χ2v) is 12.6. The van der Waals surface area contributed by atoms with Crippen molar-refractivity contribution in [1.82, 2.24) is 15.2 Å². The molecule has 1 aliphatic carbocycles. The number of aliphatic carboxylic acids is 1. The van der Waals surface area contributed by atoms with Gasteiger partial charge in [-0.15, -0.1) is 0 Å². The number of rotatable bonds is 6. The van der Waals surface area contributed by atoms with Crippen LogP contribution in [-0.2, 0) is 14.4 Å². The molecule has 6 rings (SSSR count). The maximum absolute atomic E-state index is 14.2. The Labute approximate surface area is 258 Å². The number of nitrogens with one attached hydrogen (secondary N) is 2. The fourth-order valence-corrected chi connectivity index (χ4v) is 7.04. The van der Waals surface area contributed by atoms with E-state index in [4.69, 9.17) is 9.47 Å². The average Bonchev–Trinajstić information content (AvgIpc) is 3.31. The van der Waals surface area contributed by atoms with Gasteiger partial charge in [-0.1, -0.05) is 42.4 Å². The lowest BCUT2D eigenvalue weighted by Crippen LogP contribution is -2.55. The lowest BCUT2D eigenvalue weighted by Gasteiger charge is -2.30. The second-order valence-electron chi connectivity index (χ2n) is 11.6. The van der Waals surface area contributed by atoms with E-state index in [1.807, 2.05) is 30.4 Å². The number of fused-ring (bicyclic) bond motifs is 3. The molecule has 3 heterocycles. The minimum Gasteiger partial charge on any atom is -0.497 e. The summed E-state index contributed by atoms with van der Waals surface area (Å²) in [4.78, 5) is 46.4. The van der Waals surface area contributed by atoms with Crippen molar-refractivity contribution in [3.05, 3.63) is 60.4 Å². The van der Waals surface area contributed by atoms with Crippen molar-refractivity contribution in [2.75, 3.05) is 19.0 Å². The van der Waals surface area contributed by atoms with Crippen molar-refractivity contribution in [2.24, 2.45) is 5.92 Å². The number of nitrogens with zero attached hydrogens (tertiary/aromatic N) is 2. The van der Waals surface area contributed by atoms with E-state index in [-0.39, 0.29) is 24.8 Å². The third-order valence-corrected chi connectivity index (χ3v) is 9.54. The molecule has 2 amide bonds. The molecule has 3 aromatic rings. The van der Waals surface area contributed by atoms with Crippen LogP contribution < -0.4 is 20.1 Å². The summed E-state index contributed by atoms with van der Waals surface area (Å²) >= 11 is 1.34. The molecule has 1 aromatic heterocycles. The largest absolute Gasteiger partial charge is 0.497 e. The number of carbonyl (C=O) groups is 3. The Morgan fingerprint density at radius 1 is 1.20 bits per heavy atom. The number of carboxylic acids is 1. The summed E-state index contributed by atoms with van der Waals surface area (Å²) in [6, 6.07) is 9.77. The van der Waals surface area contributed by atoms with Crippen LogP contribution in [0.2, 0.25) is 0 Å². The quantitative estimate of drug-likeness (QED) is 0.336. The van der Waals surface area contributed by atoms with Crippen molar-refractivity contribution in [1.29, 1.82) is 0 Å². The highest BCUT2D eigenvalue weighted by atomic mass is 32.1. The van der Waals surface area contributed by atoms with Crippen molar-refractivity contribution in [2.45, 2.75) is 68.7 Å². The van der Waals surface area contributed by atoms with Gasteiger partial charge in [-0.3, -0.25) is 9.59 Å². The van der Waals surface area contributed by atoms with Gasteiger partial charge in [0.2, 0.25) is 11.8 Å². The molecule has 5 atom stereocenters. The summed E-state index contributed by atoms with van der Waals surface area (Å²) in [5.74, 6) is -1.99. The van der Waals surface area contributed by atoms with Crippen LogP contribution in [0, 0.1) is 11.7 Å². The van der Waals surface area contributed by atoms with Gasteiger partial charge >= 0.3 is 5.97 Å². The van der Waals surface area contributed by atoms with Gasteiger partial charge in [-0.2, -0.15) is 0 Å². The molecule has 232 valence electrons. The number of hydrogen-bond donors (Lipinski definition) is 3. The van der Waals surface area contributed by atoms with Gasteiger partial charge in [0.15, 0.2) is 0 Å². The molecule has 1 saturated heterocycles. The molecule has 0 bridgehead atoms. The number of thiazole rings is 1. The highest BCUT2D eigenvalue weighted by molar-refractivity contribution is 7.20. The summed E-state index contributed by atoms with van der Waals surface area (Å²) in [7, 11) is 1.59. The van der Waals surface area contributed by atoms with Gasteiger partial charge in [-0.25, -0.2) is 14.2 Å². The number of amides is 2. The summed E-state index contributed by atoms with van der Waals surface area (Å²) < 4.78 is 26.4. The van der Waals surface area contributed by atoms with E-state index in [0.717, 1.165) is 35.9 Å². The smallest absolute Gasteiger partial charge is 0.330 e.